The van der Waals surface area contributed by atoms with Gasteiger partial charge < -0.3 is 9.80 Å². The van der Waals surface area contributed by atoms with Crippen LogP contribution in [0, 0.1) is 5.82 Å². The Morgan fingerprint density at radius 1 is 0.861 bits per heavy atom. The summed E-state index contributed by atoms with van der Waals surface area (Å²) in [4.78, 5) is 19.4. The molecule has 0 saturated carbocycles. The summed E-state index contributed by atoms with van der Waals surface area (Å²) >= 11 is 6.50. The molecule has 2 aliphatic heterocycles. The number of benzene rings is 3. The van der Waals surface area contributed by atoms with Crippen molar-refractivity contribution >= 4 is 39.0 Å². The fraction of sp³-hybridized carbons (Fsp3) is 0.269. The molecule has 0 radical (unpaired) electrons. The van der Waals surface area contributed by atoms with E-state index in [0.29, 0.717) is 29.4 Å². The summed E-state index contributed by atoms with van der Waals surface area (Å²) in [6, 6.07) is 17.4. The van der Waals surface area contributed by atoms with Gasteiger partial charge in [-0.15, -0.1) is 0 Å². The number of amides is 2. The van der Waals surface area contributed by atoms with Gasteiger partial charge in [0.25, 0.3) is 10.0 Å². The molecule has 0 aromatic heterocycles. The van der Waals surface area contributed by atoms with Crippen molar-refractivity contribution in [1.29, 1.82) is 0 Å². The van der Waals surface area contributed by atoms with Crippen molar-refractivity contribution in [2.24, 2.45) is 0 Å². The third kappa shape index (κ3) is 4.66. The molecule has 0 spiro atoms. The fourth-order valence-electron chi connectivity index (χ4n) is 4.64. The van der Waals surface area contributed by atoms with Gasteiger partial charge in [0.1, 0.15) is 10.7 Å². The molecular weight excluding hydrogens is 503 g/mol. The molecule has 2 heterocycles. The van der Waals surface area contributed by atoms with E-state index in [2.05, 4.69) is 4.90 Å². The van der Waals surface area contributed by atoms with E-state index in [9.17, 15) is 17.6 Å². The molecule has 0 unspecified atom stereocenters. The zero-order valence-corrected chi connectivity index (χ0v) is 21.3. The maximum Gasteiger partial charge on any atom is 0.339 e. The third-order valence-corrected chi connectivity index (χ3v) is 8.56. The van der Waals surface area contributed by atoms with E-state index in [4.69, 9.17) is 11.6 Å². The molecule has 188 valence electrons. The lowest BCUT2D eigenvalue weighted by atomic mass is 10.1. The van der Waals surface area contributed by atoms with Crippen molar-refractivity contribution in [1.82, 2.24) is 9.21 Å². The fourth-order valence-corrected chi connectivity index (χ4v) is 6.57. The highest BCUT2D eigenvalue weighted by molar-refractivity contribution is 7.90. The second kappa shape index (κ2) is 9.72. The highest BCUT2D eigenvalue weighted by Gasteiger charge is 2.44. The van der Waals surface area contributed by atoms with Gasteiger partial charge in [0.05, 0.1) is 24.5 Å². The number of hydrogen-bond acceptors (Lipinski definition) is 5. The molecule has 7 nitrogen and oxygen atoms in total. The number of nitrogens with zero attached hydrogens (tertiary/aromatic N) is 4. The SMILES string of the molecule is CN1CCN(c2cc(Cl)cc3c2S(=O)(=O)N(Cc2cccc(F)c2)C(=O)N3Cc2ccccc2)CC1. The lowest BCUT2D eigenvalue weighted by molar-refractivity contribution is 0.226. The van der Waals surface area contributed by atoms with Crippen molar-refractivity contribution in [3.63, 3.8) is 0 Å². The van der Waals surface area contributed by atoms with Crippen LogP contribution in [0.5, 0.6) is 0 Å². The summed E-state index contributed by atoms with van der Waals surface area (Å²) in [5.41, 5.74) is 1.94. The van der Waals surface area contributed by atoms with Crippen molar-refractivity contribution in [2.75, 3.05) is 43.0 Å². The first-order valence-electron chi connectivity index (χ1n) is 11.6. The Balaban J connectivity index is 1.66. The van der Waals surface area contributed by atoms with Crippen LogP contribution in [0.25, 0.3) is 0 Å². The van der Waals surface area contributed by atoms with Crippen molar-refractivity contribution < 1.29 is 17.6 Å². The van der Waals surface area contributed by atoms with Crippen LogP contribution in [-0.4, -0.2) is 56.9 Å². The van der Waals surface area contributed by atoms with Crippen LogP contribution in [0.15, 0.2) is 71.6 Å². The Bertz CT molecular complexity index is 1400. The molecule has 2 amide bonds. The normalized spacial score (nSPS) is 17.9. The van der Waals surface area contributed by atoms with Crippen LogP contribution in [0.2, 0.25) is 5.02 Å². The van der Waals surface area contributed by atoms with Crippen LogP contribution in [0.1, 0.15) is 11.1 Å². The number of fused-ring (bicyclic) bond motifs is 1. The van der Waals surface area contributed by atoms with Gasteiger partial charge in [-0.1, -0.05) is 54.1 Å². The maximum absolute atomic E-state index is 14.0. The zero-order chi connectivity index (χ0) is 25.4. The number of carbonyl (C=O) groups is 1. The first kappa shape index (κ1) is 24.5. The molecule has 5 rings (SSSR count). The molecule has 3 aromatic carbocycles. The first-order chi connectivity index (χ1) is 17.2. The molecular formula is C26H26ClFN4O3S. The van der Waals surface area contributed by atoms with Gasteiger partial charge in [-0.25, -0.2) is 21.9 Å². The number of carbonyl (C=O) groups excluding carboxylic acids is 1. The van der Waals surface area contributed by atoms with Crippen LogP contribution in [-0.2, 0) is 23.1 Å². The minimum absolute atomic E-state index is 0.0448. The molecule has 0 atom stereocenters. The summed E-state index contributed by atoms with van der Waals surface area (Å²) in [7, 11) is -2.26. The first-order valence-corrected chi connectivity index (χ1v) is 13.5. The second-order valence-corrected chi connectivity index (χ2v) is 11.3. The summed E-state index contributed by atoms with van der Waals surface area (Å²) in [5.74, 6) is -0.499. The van der Waals surface area contributed by atoms with Gasteiger partial charge in [0.15, 0.2) is 0 Å². The number of rotatable bonds is 5. The van der Waals surface area contributed by atoms with Crippen molar-refractivity contribution in [2.45, 2.75) is 18.0 Å². The molecule has 1 fully saturated rings. The van der Waals surface area contributed by atoms with Gasteiger partial charge in [0, 0.05) is 31.2 Å². The average Bonchev–Trinajstić information content (AvgIpc) is 2.85. The average molecular weight is 529 g/mol. The molecule has 1 saturated heterocycles. The Morgan fingerprint density at radius 2 is 1.53 bits per heavy atom. The van der Waals surface area contributed by atoms with Gasteiger partial charge in [-0.2, -0.15) is 0 Å². The number of halogens is 2. The summed E-state index contributed by atoms with van der Waals surface area (Å²) < 4.78 is 42.8. The van der Waals surface area contributed by atoms with E-state index in [-0.39, 0.29) is 23.7 Å². The molecule has 0 aliphatic carbocycles. The molecule has 2 aliphatic rings. The van der Waals surface area contributed by atoms with Gasteiger partial charge in [-0.05, 0) is 42.4 Å². The van der Waals surface area contributed by atoms with Gasteiger partial charge >= 0.3 is 6.03 Å². The number of piperazine rings is 1. The highest BCUT2D eigenvalue weighted by atomic mass is 35.5. The molecule has 36 heavy (non-hydrogen) atoms. The largest absolute Gasteiger partial charge is 0.368 e. The summed E-state index contributed by atoms with van der Waals surface area (Å²) in [5, 5.41) is 0.349. The quantitative estimate of drug-likeness (QED) is 0.486. The summed E-state index contributed by atoms with van der Waals surface area (Å²) in [6.07, 6.45) is 0. The topological polar surface area (TPSA) is 64.2 Å². The number of sulfonamides is 1. The Labute approximate surface area is 215 Å². The van der Waals surface area contributed by atoms with E-state index >= 15 is 0 Å². The number of hydrogen-bond donors (Lipinski definition) is 0. The Hall–Kier alpha value is -3.14. The van der Waals surface area contributed by atoms with Crippen LogP contribution in [0.3, 0.4) is 0 Å². The zero-order valence-electron chi connectivity index (χ0n) is 19.8. The molecule has 3 aromatic rings. The molecule has 0 bridgehead atoms. The van der Waals surface area contributed by atoms with Crippen LogP contribution < -0.4 is 9.80 Å². The standard InChI is InChI=1S/C26H26ClFN4O3S/c1-29-10-12-30(13-11-29)23-15-21(27)16-24-25(23)36(34,35)32(18-20-8-5-9-22(28)14-20)26(33)31(24)17-19-6-3-2-4-7-19/h2-9,14-16H,10-13,17-18H2,1H3. The predicted molar refractivity (Wildman–Crippen MR) is 138 cm³/mol. The van der Waals surface area contributed by atoms with Crippen molar-refractivity contribution in [3.05, 3.63) is 88.7 Å². The molecule has 0 N–H and O–H groups in total. The minimum atomic E-state index is -4.27. The van der Waals surface area contributed by atoms with E-state index in [1.54, 1.807) is 12.1 Å². The van der Waals surface area contributed by atoms with Gasteiger partial charge in [0.2, 0.25) is 0 Å². The van der Waals surface area contributed by atoms with Gasteiger partial charge in [-0.3, -0.25) is 4.90 Å². The third-order valence-electron chi connectivity index (χ3n) is 6.54. The summed E-state index contributed by atoms with van der Waals surface area (Å²) in [6.45, 7) is 2.64. The van der Waals surface area contributed by atoms with Crippen LogP contribution in [0.4, 0.5) is 20.6 Å². The highest BCUT2D eigenvalue weighted by Crippen LogP contribution is 2.44. The van der Waals surface area contributed by atoms with E-state index in [1.807, 2.05) is 42.3 Å². The maximum atomic E-state index is 14.0. The predicted octanol–water partition coefficient (Wildman–Crippen LogP) is 4.56. The van der Waals surface area contributed by atoms with E-state index < -0.39 is 21.9 Å². The second-order valence-electron chi connectivity index (χ2n) is 9.06. The Morgan fingerprint density at radius 3 is 2.22 bits per heavy atom. The monoisotopic (exact) mass is 528 g/mol. The lowest BCUT2D eigenvalue weighted by Crippen LogP contribution is -2.51. The number of anilines is 2. The van der Waals surface area contributed by atoms with E-state index in [0.717, 1.165) is 23.0 Å². The van der Waals surface area contributed by atoms with Crippen molar-refractivity contribution in [3.8, 4) is 0 Å². The van der Waals surface area contributed by atoms with E-state index in [1.165, 1.54) is 29.2 Å². The number of urea groups is 1. The minimum Gasteiger partial charge on any atom is -0.368 e. The Kier molecular flexibility index (Phi) is 6.63. The number of likely N-dealkylation sites (N-methyl/N-ethyl adjacent to an activating group) is 1. The lowest BCUT2D eigenvalue weighted by Gasteiger charge is -2.40. The van der Waals surface area contributed by atoms with Crippen LogP contribution >= 0.6 is 11.6 Å². The molecule has 10 heteroatoms. The smallest absolute Gasteiger partial charge is 0.339 e.